The summed E-state index contributed by atoms with van der Waals surface area (Å²) < 4.78 is 0. The minimum atomic E-state index is -0.959. The number of aromatic carboxylic acids is 1. The second-order valence-electron chi connectivity index (χ2n) is 5.61. The van der Waals surface area contributed by atoms with Crippen LogP contribution < -0.4 is 10.3 Å². The summed E-state index contributed by atoms with van der Waals surface area (Å²) in [5, 5.41) is 14.1. The molecule has 0 bridgehead atoms. The average Bonchev–Trinajstić information content (AvgIpc) is 3.05. The molecule has 8 nitrogen and oxygen atoms in total. The normalized spacial score (nSPS) is 11.2. The van der Waals surface area contributed by atoms with Crippen molar-refractivity contribution in [1.29, 1.82) is 0 Å². The highest BCUT2D eigenvalue weighted by atomic mass is 16.4. The van der Waals surface area contributed by atoms with Gasteiger partial charge in [0.1, 0.15) is 12.1 Å². The van der Waals surface area contributed by atoms with Gasteiger partial charge in [0.25, 0.3) is 0 Å². The van der Waals surface area contributed by atoms with Crippen LogP contribution in [-0.4, -0.2) is 45.3 Å². The number of aromatic amines is 1. The van der Waals surface area contributed by atoms with Crippen LogP contribution in [0.5, 0.6) is 0 Å². The van der Waals surface area contributed by atoms with E-state index in [0.29, 0.717) is 5.82 Å². The summed E-state index contributed by atoms with van der Waals surface area (Å²) >= 11 is 0. The summed E-state index contributed by atoms with van der Waals surface area (Å²) in [6, 6.07) is 6.76. The van der Waals surface area contributed by atoms with Gasteiger partial charge in [-0.1, -0.05) is 0 Å². The van der Waals surface area contributed by atoms with Crippen LogP contribution in [0.25, 0.3) is 10.9 Å². The molecule has 134 valence electrons. The minimum Gasteiger partial charge on any atom is -0.478 e. The summed E-state index contributed by atoms with van der Waals surface area (Å²) in [7, 11) is 0. The Kier molecular flexibility index (Phi) is 5.12. The number of aromatic nitrogens is 3. The Labute approximate surface area is 150 Å². The Bertz CT molecular complexity index is 946. The maximum Gasteiger partial charge on any atom is 0.335 e. The lowest BCUT2D eigenvalue weighted by Gasteiger charge is -2.19. The maximum absolute atomic E-state index is 11.1. The predicted octanol–water partition coefficient (Wildman–Crippen LogP) is 2.95. The Balaban J connectivity index is 1.79. The van der Waals surface area contributed by atoms with Gasteiger partial charge >= 0.3 is 5.97 Å². The molecular weight excluding hydrogens is 332 g/mol. The minimum absolute atomic E-state index is 0.236. The first-order valence-electron chi connectivity index (χ1n) is 8.32. The number of nitrogens with zero attached hydrogens (tertiary/aromatic N) is 4. The molecule has 0 atom stereocenters. The molecule has 0 saturated heterocycles. The first kappa shape index (κ1) is 17.4. The zero-order valence-electron chi connectivity index (χ0n) is 14.6. The van der Waals surface area contributed by atoms with Gasteiger partial charge in [0.15, 0.2) is 5.82 Å². The lowest BCUT2D eigenvalue weighted by molar-refractivity contribution is 0.0697. The highest BCUT2D eigenvalue weighted by Gasteiger charge is 2.08. The van der Waals surface area contributed by atoms with E-state index in [1.165, 1.54) is 6.33 Å². The van der Waals surface area contributed by atoms with Crippen LogP contribution in [-0.2, 0) is 0 Å². The molecule has 8 heteroatoms. The molecule has 0 radical (unpaired) electrons. The van der Waals surface area contributed by atoms with Crippen LogP contribution in [0.1, 0.15) is 29.8 Å². The standard InChI is InChI=1S/C18H20N6O2/c1-3-24(4-2)17-8-16(20-11-21-17)23-22-10-13-9-19-15-6-5-12(18(25)26)7-14(13)15/h5-11,19H,3-4H2,1-2H3,(H,25,26)(H,20,21,23)/b22-10+. The predicted molar refractivity (Wildman–Crippen MR) is 102 cm³/mol. The molecule has 2 aromatic heterocycles. The number of carboxylic acids is 1. The van der Waals surface area contributed by atoms with Gasteiger partial charge < -0.3 is 15.0 Å². The van der Waals surface area contributed by atoms with E-state index in [-0.39, 0.29) is 5.56 Å². The van der Waals surface area contributed by atoms with Crippen molar-refractivity contribution in [2.75, 3.05) is 23.4 Å². The average molecular weight is 352 g/mol. The molecule has 1 aromatic carbocycles. The third-order valence-corrected chi connectivity index (χ3v) is 4.08. The van der Waals surface area contributed by atoms with Crippen LogP contribution in [0.2, 0.25) is 0 Å². The number of carbonyl (C=O) groups is 1. The van der Waals surface area contributed by atoms with E-state index in [1.807, 2.05) is 6.07 Å². The largest absolute Gasteiger partial charge is 0.478 e. The van der Waals surface area contributed by atoms with E-state index in [4.69, 9.17) is 5.11 Å². The molecule has 26 heavy (non-hydrogen) atoms. The first-order chi connectivity index (χ1) is 12.6. The topological polar surface area (TPSA) is 106 Å². The van der Waals surface area contributed by atoms with Crippen molar-refractivity contribution < 1.29 is 9.90 Å². The molecule has 3 N–H and O–H groups in total. The van der Waals surface area contributed by atoms with E-state index in [2.05, 4.69) is 44.2 Å². The van der Waals surface area contributed by atoms with Crippen LogP contribution in [0.3, 0.4) is 0 Å². The highest BCUT2D eigenvalue weighted by Crippen LogP contribution is 2.19. The zero-order chi connectivity index (χ0) is 18.5. The SMILES string of the molecule is CCN(CC)c1cc(N/N=C/c2c[nH]c3ccc(C(=O)O)cc23)ncn1. The third-order valence-electron chi connectivity index (χ3n) is 4.08. The van der Waals surface area contributed by atoms with Crippen molar-refractivity contribution in [3.05, 3.63) is 47.9 Å². The molecule has 3 rings (SSSR count). The Morgan fingerprint density at radius 1 is 1.31 bits per heavy atom. The number of rotatable bonds is 7. The van der Waals surface area contributed by atoms with Gasteiger partial charge in [-0.25, -0.2) is 14.8 Å². The third kappa shape index (κ3) is 3.64. The second-order valence-corrected chi connectivity index (χ2v) is 5.61. The van der Waals surface area contributed by atoms with E-state index in [9.17, 15) is 4.79 Å². The van der Waals surface area contributed by atoms with Gasteiger partial charge in [-0.3, -0.25) is 5.43 Å². The summed E-state index contributed by atoms with van der Waals surface area (Å²) in [6.45, 7) is 5.85. The smallest absolute Gasteiger partial charge is 0.335 e. The van der Waals surface area contributed by atoms with E-state index in [1.54, 1.807) is 30.6 Å². The molecule has 0 aliphatic carbocycles. The van der Waals surface area contributed by atoms with Crippen molar-refractivity contribution in [3.8, 4) is 0 Å². The fourth-order valence-electron chi connectivity index (χ4n) is 2.68. The second kappa shape index (κ2) is 7.64. The maximum atomic E-state index is 11.1. The molecule has 0 saturated carbocycles. The number of anilines is 2. The number of nitrogens with one attached hydrogen (secondary N) is 2. The number of hydrazone groups is 1. The summed E-state index contributed by atoms with van der Waals surface area (Å²) in [5.74, 6) is 0.462. The quantitative estimate of drug-likeness (QED) is 0.446. The molecule has 0 aliphatic heterocycles. The molecule has 0 unspecified atom stereocenters. The van der Waals surface area contributed by atoms with Gasteiger partial charge in [0.05, 0.1) is 11.8 Å². The van der Waals surface area contributed by atoms with Gasteiger partial charge in [-0.2, -0.15) is 5.10 Å². The summed E-state index contributed by atoms with van der Waals surface area (Å²) in [5.41, 5.74) is 4.76. The van der Waals surface area contributed by atoms with Gasteiger partial charge in [-0.05, 0) is 32.0 Å². The zero-order valence-corrected chi connectivity index (χ0v) is 14.6. The number of H-pyrrole nitrogens is 1. The Morgan fingerprint density at radius 2 is 2.12 bits per heavy atom. The molecule has 3 aromatic rings. The Morgan fingerprint density at radius 3 is 2.85 bits per heavy atom. The fourth-order valence-corrected chi connectivity index (χ4v) is 2.68. The number of carboxylic acid groups (broad SMARTS) is 1. The van der Waals surface area contributed by atoms with Crippen LogP contribution >= 0.6 is 0 Å². The fraction of sp³-hybridized carbons (Fsp3) is 0.222. The number of hydrogen-bond donors (Lipinski definition) is 3. The number of fused-ring (bicyclic) bond motifs is 1. The number of hydrogen-bond acceptors (Lipinski definition) is 6. The monoisotopic (exact) mass is 352 g/mol. The van der Waals surface area contributed by atoms with Gasteiger partial charge in [-0.15, -0.1) is 0 Å². The molecule has 2 heterocycles. The number of benzene rings is 1. The van der Waals surface area contributed by atoms with Crippen molar-refractivity contribution in [3.63, 3.8) is 0 Å². The Hall–Kier alpha value is -3.42. The van der Waals surface area contributed by atoms with Gasteiger partial charge in [0, 0.05) is 41.8 Å². The van der Waals surface area contributed by atoms with E-state index >= 15 is 0 Å². The molecular formula is C18H20N6O2. The van der Waals surface area contributed by atoms with Crippen LogP contribution in [0, 0.1) is 0 Å². The van der Waals surface area contributed by atoms with Gasteiger partial charge in [0.2, 0.25) is 0 Å². The van der Waals surface area contributed by atoms with Crippen LogP contribution in [0.15, 0.2) is 41.9 Å². The lowest BCUT2D eigenvalue weighted by atomic mass is 10.1. The molecule has 0 spiro atoms. The molecule has 0 fully saturated rings. The summed E-state index contributed by atoms with van der Waals surface area (Å²) in [4.78, 5) is 24.8. The molecule has 0 amide bonds. The van der Waals surface area contributed by atoms with E-state index in [0.717, 1.165) is 35.4 Å². The summed E-state index contributed by atoms with van der Waals surface area (Å²) in [6.07, 6.45) is 4.91. The van der Waals surface area contributed by atoms with Crippen molar-refractivity contribution in [2.24, 2.45) is 5.10 Å². The van der Waals surface area contributed by atoms with Crippen LogP contribution in [0.4, 0.5) is 11.6 Å². The molecule has 0 aliphatic rings. The lowest BCUT2D eigenvalue weighted by Crippen LogP contribution is -2.23. The van der Waals surface area contributed by atoms with Crippen molar-refractivity contribution in [1.82, 2.24) is 15.0 Å². The van der Waals surface area contributed by atoms with Crippen molar-refractivity contribution >= 4 is 34.7 Å². The van der Waals surface area contributed by atoms with E-state index < -0.39 is 5.97 Å². The highest BCUT2D eigenvalue weighted by molar-refractivity contribution is 6.02. The first-order valence-corrected chi connectivity index (χ1v) is 8.32. The van der Waals surface area contributed by atoms with Crippen molar-refractivity contribution in [2.45, 2.75) is 13.8 Å².